The van der Waals surface area contributed by atoms with E-state index in [0.717, 1.165) is 23.5 Å². The van der Waals surface area contributed by atoms with E-state index < -0.39 is 23.7 Å². The molecule has 0 aliphatic heterocycles. The van der Waals surface area contributed by atoms with Crippen LogP contribution in [0.25, 0.3) is 0 Å². The van der Waals surface area contributed by atoms with Gasteiger partial charge in [0.15, 0.2) is 0 Å². The highest BCUT2D eigenvalue weighted by molar-refractivity contribution is 5.96. The van der Waals surface area contributed by atoms with Gasteiger partial charge in [-0.25, -0.2) is 0 Å². The van der Waals surface area contributed by atoms with Crippen molar-refractivity contribution in [2.75, 3.05) is 21.3 Å². The predicted molar refractivity (Wildman–Crippen MR) is 132 cm³/mol. The standard InChI is InChI=1S/C25H22F3N7O/c1-16(21(36)30-20-14-8-9-17(15-20)25(26,27)28)29-22-33-23(31-18-10-4-2-5-11-18)35-24(34-22)32-19-12-6-3-7-13-19/h2-16H,1H3,(H,30,36)(H3,29,31,32,33,34,35). The van der Waals surface area contributed by atoms with Gasteiger partial charge in [0.05, 0.1) is 5.56 Å². The molecule has 3 aromatic carbocycles. The number of carbonyl (C=O) groups is 1. The van der Waals surface area contributed by atoms with Gasteiger partial charge in [0.1, 0.15) is 6.04 Å². The SMILES string of the molecule is CC(Nc1nc(Nc2ccccc2)nc(Nc2ccccc2)n1)C(=O)Nc1cccc(C(F)(F)F)c1. The number of halogens is 3. The van der Waals surface area contributed by atoms with Crippen molar-refractivity contribution >= 4 is 40.8 Å². The van der Waals surface area contributed by atoms with E-state index in [1.54, 1.807) is 6.92 Å². The zero-order chi connectivity index (χ0) is 25.5. The van der Waals surface area contributed by atoms with Crippen molar-refractivity contribution < 1.29 is 18.0 Å². The minimum Gasteiger partial charge on any atom is -0.342 e. The lowest BCUT2D eigenvalue weighted by Gasteiger charge is -2.16. The summed E-state index contributed by atoms with van der Waals surface area (Å²) in [5, 5.41) is 11.5. The monoisotopic (exact) mass is 493 g/mol. The molecule has 11 heteroatoms. The molecule has 0 saturated heterocycles. The molecule has 0 bridgehead atoms. The second-order valence-electron chi connectivity index (χ2n) is 7.72. The fourth-order valence-corrected chi connectivity index (χ4v) is 3.14. The molecular formula is C25H22F3N7O. The maximum atomic E-state index is 13.0. The van der Waals surface area contributed by atoms with Gasteiger partial charge in [-0.1, -0.05) is 42.5 Å². The Bertz CT molecular complexity index is 1260. The molecule has 8 nitrogen and oxygen atoms in total. The molecule has 0 aliphatic rings. The molecule has 36 heavy (non-hydrogen) atoms. The van der Waals surface area contributed by atoms with Crippen molar-refractivity contribution in [1.82, 2.24) is 15.0 Å². The van der Waals surface area contributed by atoms with E-state index in [-0.39, 0.29) is 23.5 Å². The number of nitrogens with zero attached hydrogens (tertiary/aromatic N) is 3. The molecule has 1 aromatic heterocycles. The van der Waals surface area contributed by atoms with Gasteiger partial charge in [-0.2, -0.15) is 28.1 Å². The second kappa shape index (κ2) is 10.7. The molecule has 4 N–H and O–H groups in total. The van der Waals surface area contributed by atoms with E-state index in [1.807, 2.05) is 60.7 Å². The number of hydrogen-bond acceptors (Lipinski definition) is 7. The average molecular weight is 493 g/mol. The van der Waals surface area contributed by atoms with Gasteiger partial charge in [-0.3, -0.25) is 4.79 Å². The Morgan fingerprint density at radius 1 is 0.722 bits per heavy atom. The molecule has 1 unspecified atom stereocenters. The lowest BCUT2D eigenvalue weighted by molar-refractivity contribution is -0.137. The highest BCUT2D eigenvalue weighted by atomic mass is 19.4. The molecule has 0 aliphatic carbocycles. The molecule has 0 saturated carbocycles. The summed E-state index contributed by atoms with van der Waals surface area (Å²) in [5.41, 5.74) is 0.662. The van der Waals surface area contributed by atoms with E-state index in [4.69, 9.17) is 0 Å². The molecule has 0 fully saturated rings. The summed E-state index contributed by atoms with van der Waals surface area (Å²) in [6.45, 7) is 1.54. The lowest BCUT2D eigenvalue weighted by Crippen LogP contribution is -2.32. The van der Waals surface area contributed by atoms with Gasteiger partial charge in [0, 0.05) is 17.1 Å². The topological polar surface area (TPSA) is 104 Å². The van der Waals surface area contributed by atoms with Crippen LogP contribution in [0.3, 0.4) is 0 Å². The van der Waals surface area contributed by atoms with Crippen molar-refractivity contribution in [3.8, 4) is 0 Å². The average Bonchev–Trinajstić information content (AvgIpc) is 2.85. The van der Waals surface area contributed by atoms with Crippen molar-refractivity contribution in [3.63, 3.8) is 0 Å². The molecule has 4 aromatic rings. The second-order valence-corrected chi connectivity index (χ2v) is 7.72. The quantitative estimate of drug-likeness (QED) is 0.245. The van der Waals surface area contributed by atoms with Crippen molar-refractivity contribution in [3.05, 3.63) is 90.5 Å². The zero-order valence-corrected chi connectivity index (χ0v) is 19.0. The number of anilines is 6. The maximum Gasteiger partial charge on any atom is 0.416 e. The predicted octanol–water partition coefficient (Wildman–Crippen LogP) is 5.82. The number of hydrogen-bond donors (Lipinski definition) is 4. The Labute approximate surface area is 205 Å². The minimum absolute atomic E-state index is 0.0250. The molecular weight excluding hydrogens is 471 g/mol. The first-order valence-corrected chi connectivity index (χ1v) is 10.9. The number of amides is 1. The van der Waals surface area contributed by atoms with Crippen LogP contribution in [-0.4, -0.2) is 26.9 Å². The van der Waals surface area contributed by atoms with Crippen LogP contribution in [0.2, 0.25) is 0 Å². The Kier molecular flexibility index (Phi) is 7.28. The van der Waals surface area contributed by atoms with Crippen LogP contribution >= 0.6 is 0 Å². The molecule has 1 amide bonds. The van der Waals surface area contributed by atoms with Crippen LogP contribution in [-0.2, 0) is 11.0 Å². The third kappa shape index (κ3) is 6.69. The van der Waals surface area contributed by atoms with E-state index in [0.29, 0.717) is 0 Å². The first-order chi connectivity index (χ1) is 17.3. The lowest BCUT2D eigenvalue weighted by atomic mass is 10.2. The molecule has 184 valence electrons. The largest absolute Gasteiger partial charge is 0.416 e. The van der Waals surface area contributed by atoms with E-state index in [1.165, 1.54) is 12.1 Å². The summed E-state index contributed by atoms with van der Waals surface area (Å²) in [6, 6.07) is 22.1. The number of carbonyl (C=O) groups excluding carboxylic acids is 1. The summed E-state index contributed by atoms with van der Waals surface area (Å²) in [7, 11) is 0. The van der Waals surface area contributed by atoms with Gasteiger partial charge in [0.25, 0.3) is 0 Å². The number of rotatable bonds is 8. The normalized spacial score (nSPS) is 11.9. The molecule has 1 atom stereocenters. The Morgan fingerprint density at radius 2 is 1.22 bits per heavy atom. The summed E-state index contributed by atoms with van der Waals surface area (Å²) in [5.74, 6) is -0.0244. The van der Waals surface area contributed by atoms with Gasteiger partial charge < -0.3 is 21.3 Å². The highest BCUT2D eigenvalue weighted by Crippen LogP contribution is 2.30. The Hall–Kier alpha value is -4.67. The Morgan fingerprint density at radius 3 is 1.75 bits per heavy atom. The summed E-state index contributed by atoms with van der Waals surface area (Å²) in [4.78, 5) is 25.7. The summed E-state index contributed by atoms with van der Waals surface area (Å²) >= 11 is 0. The van der Waals surface area contributed by atoms with E-state index in [2.05, 4.69) is 36.2 Å². The van der Waals surface area contributed by atoms with Gasteiger partial charge in [-0.15, -0.1) is 0 Å². The van der Waals surface area contributed by atoms with Crippen LogP contribution in [0.1, 0.15) is 12.5 Å². The zero-order valence-electron chi connectivity index (χ0n) is 19.0. The molecule has 0 spiro atoms. The van der Waals surface area contributed by atoms with Crippen LogP contribution in [0.5, 0.6) is 0 Å². The highest BCUT2D eigenvalue weighted by Gasteiger charge is 2.30. The first-order valence-electron chi connectivity index (χ1n) is 10.9. The van der Waals surface area contributed by atoms with E-state index >= 15 is 0 Å². The smallest absolute Gasteiger partial charge is 0.342 e. The number of para-hydroxylation sites is 2. The third-order valence-electron chi connectivity index (χ3n) is 4.89. The summed E-state index contributed by atoms with van der Waals surface area (Å²) in [6.07, 6.45) is -4.51. The van der Waals surface area contributed by atoms with Crippen molar-refractivity contribution in [1.29, 1.82) is 0 Å². The summed E-state index contributed by atoms with van der Waals surface area (Å²) < 4.78 is 38.9. The van der Waals surface area contributed by atoms with Crippen LogP contribution in [0, 0.1) is 0 Å². The third-order valence-corrected chi connectivity index (χ3v) is 4.89. The van der Waals surface area contributed by atoms with Crippen LogP contribution < -0.4 is 21.3 Å². The molecule has 1 heterocycles. The fraction of sp³-hybridized carbons (Fsp3) is 0.120. The minimum atomic E-state index is -4.51. The number of aromatic nitrogens is 3. The molecule has 4 rings (SSSR count). The Balaban J connectivity index is 1.52. The molecule has 0 radical (unpaired) electrons. The van der Waals surface area contributed by atoms with E-state index in [9.17, 15) is 18.0 Å². The van der Waals surface area contributed by atoms with Gasteiger partial charge in [0.2, 0.25) is 23.8 Å². The number of alkyl halides is 3. The van der Waals surface area contributed by atoms with Gasteiger partial charge >= 0.3 is 6.18 Å². The van der Waals surface area contributed by atoms with Crippen molar-refractivity contribution in [2.24, 2.45) is 0 Å². The van der Waals surface area contributed by atoms with Crippen LogP contribution in [0.15, 0.2) is 84.9 Å². The fourth-order valence-electron chi connectivity index (χ4n) is 3.14. The maximum absolute atomic E-state index is 13.0. The first kappa shape index (κ1) is 24.5. The van der Waals surface area contributed by atoms with Gasteiger partial charge in [-0.05, 0) is 49.4 Å². The van der Waals surface area contributed by atoms with Crippen molar-refractivity contribution in [2.45, 2.75) is 19.1 Å². The number of nitrogens with one attached hydrogen (secondary N) is 4. The van der Waals surface area contributed by atoms with Crippen LogP contribution in [0.4, 0.5) is 48.1 Å². The number of benzene rings is 3.